The number of rotatable bonds is 9. The lowest BCUT2D eigenvalue weighted by Gasteiger charge is -2.36. The summed E-state index contributed by atoms with van der Waals surface area (Å²) in [7, 11) is -2.06. The molecule has 2 aromatic rings. The molecule has 1 fully saturated rings. The van der Waals surface area contributed by atoms with Crippen LogP contribution >= 0.6 is 11.6 Å². The average molecular weight is 469 g/mol. The summed E-state index contributed by atoms with van der Waals surface area (Å²) >= 11 is 6.08. The molecule has 1 aliphatic heterocycles. The van der Waals surface area contributed by atoms with Crippen molar-refractivity contribution in [2.45, 2.75) is 18.2 Å². The molecule has 8 nitrogen and oxygen atoms in total. The highest BCUT2D eigenvalue weighted by molar-refractivity contribution is 7.89. The third-order valence-corrected chi connectivity index (χ3v) is 6.93. The van der Waals surface area contributed by atoms with E-state index in [1.54, 1.807) is 14.0 Å². The van der Waals surface area contributed by atoms with Crippen molar-refractivity contribution >= 4 is 33.3 Å². The van der Waals surface area contributed by atoms with Crippen LogP contribution in [0.1, 0.15) is 23.8 Å². The number of nitrogens with zero attached hydrogens (tertiary/aromatic N) is 3. The van der Waals surface area contributed by atoms with Crippen LogP contribution in [0.25, 0.3) is 0 Å². The summed E-state index contributed by atoms with van der Waals surface area (Å²) in [5.41, 5.74) is 1.34. The third kappa shape index (κ3) is 6.22. The first kappa shape index (κ1) is 23.6. The Bertz CT molecular complexity index is 1000. The quantitative estimate of drug-likeness (QED) is 0.449. The predicted octanol–water partition coefficient (Wildman–Crippen LogP) is 2.35. The molecule has 1 aliphatic rings. The molecule has 0 radical (unpaired) electrons. The Morgan fingerprint density at radius 1 is 1.19 bits per heavy atom. The van der Waals surface area contributed by atoms with Crippen LogP contribution in [0.3, 0.4) is 0 Å². The zero-order valence-electron chi connectivity index (χ0n) is 17.9. The number of halogens is 1. The Morgan fingerprint density at radius 3 is 2.61 bits per heavy atom. The number of nitrogens with one attached hydrogen (secondary N) is 1. The number of carbonyl (C=O) groups excluding carboxylic acids is 1. The SMILES string of the molecule is CCOC(=O)c1cc(S(=O)(=O)NCCCN2CCN(c3cccc(Cl)c3)CC2)cn1C. The molecule has 2 heterocycles. The minimum atomic E-state index is -3.68. The second-order valence-corrected chi connectivity index (χ2v) is 9.66. The highest BCUT2D eigenvalue weighted by Gasteiger charge is 2.21. The summed E-state index contributed by atoms with van der Waals surface area (Å²) in [6.07, 6.45) is 2.12. The molecule has 0 atom stereocenters. The van der Waals surface area contributed by atoms with Gasteiger partial charge in [0.05, 0.1) is 6.61 Å². The van der Waals surface area contributed by atoms with Gasteiger partial charge in [-0.05, 0) is 44.2 Å². The fourth-order valence-electron chi connectivity index (χ4n) is 3.58. The Hall–Kier alpha value is -2.07. The maximum Gasteiger partial charge on any atom is 0.354 e. The lowest BCUT2D eigenvalue weighted by molar-refractivity contribution is 0.0515. The van der Waals surface area contributed by atoms with E-state index in [1.165, 1.54) is 16.8 Å². The van der Waals surface area contributed by atoms with Crippen LogP contribution in [0.2, 0.25) is 5.02 Å². The second kappa shape index (κ2) is 10.5. The maximum absolute atomic E-state index is 12.5. The van der Waals surface area contributed by atoms with Crippen LogP contribution in [0.4, 0.5) is 5.69 Å². The van der Waals surface area contributed by atoms with Crippen molar-refractivity contribution in [3.05, 3.63) is 47.2 Å². The first-order valence-electron chi connectivity index (χ1n) is 10.4. The van der Waals surface area contributed by atoms with Gasteiger partial charge >= 0.3 is 5.97 Å². The minimum absolute atomic E-state index is 0.0631. The summed E-state index contributed by atoms with van der Waals surface area (Å²) in [5.74, 6) is -0.539. The molecule has 170 valence electrons. The predicted molar refractivity (Wildman–Crippen MR) is 121 cm³/mol. The van der Waals surface area contributed by atoms with Crippen molar-refractivity contribution in [3.63, 3.8) is 0 Å². The highest BCUT2D eigenvalue weighted by Crippen LogP contribution is 2.21. The van der Waals surface area contributed by atoms with Gasteiger partial charge in [0.15, 0.2) is 0 Å². The third-order valence-electron chi connectivity index (χ3n) is 5.26. The Balaban J connectivity index is 1.43. The summed E-state index contributed by atoms with van der Waals surface area (Å²) in [5, 5.41) is 0.736. The van der Waals surface area contributed by atoms with E-state index in [2.05, 4.69) is 20.6 Å². The fraction of sp³-hybridized carbons (Fsp3) is 0.476. The molecule has 0 saturated carbocycles. The average Bonchev–Trinajstić information content (AvgIpc) is 3.15. The van der Waals surface area contributed by atoms with E-state index in [9.17, 15) is 13.2 Å². The van der Waals surface area contributed by atoms with E-state index < -0.39 is 16.0 Å². The molecular weight excluding hydrogens is 440 g/mol. The fourth-order valence-corrected chi connectivity index (χ4v) is 4.91. The normalized spacial score (nSPS) is 15.3. The molecule has 1 N–H and O–H groups in total. The van der Waals surface area contributed by atoms with E-state index >= 15 is 0 Å². The molecule has 0 spiro atoms. The van der Waals surface area contributed by atoms with Crippen LogP contribution in [0.15, 0.2) is 41.4 Å². The zero-order valence-corrected chi connectivity index (χ0v) is 19.5. The Morgan fingerprint density at radius 2 is 1.94 bits per heavy atom. The number of hydrogen-bond acceptors (Lipinski definition) is 6. The first-order chi connectivity index (χ1) is 14.8. The Kier molecular flexibility index (Phi) is 7.99. The van der Waals surface area contributed by atoms with Crippen molar-refractivity contribution < 1.29 is 17.9 Å². The smallest absolute Gasteiger partial charge is 0.354 e. The van der Waals surface area contributed by atoms with Crippen LogP contribution in [-0.4, -0.2) is 69.7 Å². The molecule has 0 unspecified atom stereocenters. The van der Waals surface area contributed by atoms with Gasteiger partial charge in [0.25, 0.3) is 0 Å². The van der Waals surface area contributed by atoms with Crippen LogP contribution in [0, 0.1) is 0 Å². The van der Waals surface area contributed by atoms with Gasteiger partial charge in [-0.1, -0.05) is 17.7 Å². The number of anilines is 1. The number of benzene rings is 1. The largest absolute Gasteiger partial charge is 0.461 e. The van der Waals surface area contributed by atoms with Gasteiger partial charge in [-0.2, -0.15) is 0 Å². The molecule has 1 aromatic heterocycles. The maximum atomic E-state index is 12.5. The van der Waals surface area contributed by atoms with Gasteiger partial charge in [-0.15, -0.1) is 0 Å². The topological polar surface area (TPSA) is 83.9 Å². The summed E-state index contributed by atoms with van der Waals surface area (Å²) < 4.78 is 34.1. The number of sulfonamides is 1. The van der Waals surface area contributed by atoms with E-state index in [0.717, 1.165) is 43.4 Å². The van der Waals surface area contributed by atoms with Crippen LogP contribution in [0.5, 0.6) is 0 Å². The van der Waals surface area contributed by atoms with Crippen molar-refractivity contribution in [3.8, 4) is 0 Å². The minimum Gasteiger partial charge on any atom is -0.461 e. The number of aryl methyl sites for hydroxylation is 1. The molecule has 0 bridgehead atoms. The number of ether oxygens (including phenoxy) is 1. The number of hydrogen-bond donors (Lipinski definition) is 1. The molecular formula is C21H29ClN4O4S. The molecule has 31 heavy (non-hydrogen) atoms. The van der Waals surface area contributed by atoms with Gasteiger partial charge in [-0.3, -0.25) is 4.90 Å². The second-order valence-electron chi connectivity index (χ2n) is 7.45. The number of carbonyl (C=O) groups is 1. The van der Waals surface area contributed by atoms with Gasteiger partial charge in [0.1, 0.15) is 10.6 Å². The lowest BCUT2D eigenvalue weighted by Crippen LogP contribution is -2.47. The van der Waals surface area contributed by atoms with E-state index in [4.69, 9.17) is 16.3 Å². The summed E-state index contributed by atoms with van der Waals surface area (Å²) in [4.78, 5) is 16.6. The van der Waals surface area contributed by atoms with Gasteiger partial charge in [-0.25, -0.2) is 17.9 Å². The summed E-state index contributed by atoms with van der Waals surface area (Å²) in [6, 6.07) is 9.21. The molecule has 1 saturated heterocycles. The number of aromatic nitrogens is 1. The van der Waals surface area contributed by atoms with Gasteiger partial charge in [0, 0.05) is 56.7 Å². The monoisotopic (exact) mass is 468 g/mol. The molecule has 1 aromatic carbocycles. The molecule has 10 heteroatoms. The molecule has 0 amide bonds. The van der Waals surface area contributed by atoms with Crippen molar-refractivity contribution in [1.29, 1.82) is 0 Å². The first-order valence-corrected chi connectivity index (χ1v) is 12.2. The summed E-state index contributed by atoms with van der Waals surface area (Å²) in [6.45, 7) is 6.74. The lowest BCUT2D eigenvalue weighted by atomic mass is 10.2. The van der Waals surface area contributed by atoms with Crippen molar-refractivity contribution in [2.75, 3.05) is 50.8 Å². The number of esters is 1. The van der Waals surface area contributed by atoms with Gasteiger partial charge < -0.3 is 14.2 Å². The number of piperazine rings is 1. The standard InChI is InChI=1S/C21H29ClN4O4S/c1-3-30-21(27)20-15-19(16-24(20)2)31(28,29)23-8-5-9-25-10-12-26(13-11-25)18-7-4-6-17(22)14-18/h4,6-7,14-16,23H,3,5,8-13H2,1-2H3. The van der Waals surface area contributed by atoms with Crippen LogP contribution in [-0.2, 0) is 21.8 Å². The van der Waals surface area contributed by atoms with E-state index in [-0.39, 0.29) is 17.2 Å². The van der Waals surface area contributed by atoms with Crippen molar-refractivity contribution in [1.82, 2.24) is 14.2 Å². The van der Waals surface area contributed by atoms with Crippen LogP contribution < -0.4 is 9.62 Å². The van der Waals surface area contributed by atoms with E-state index in [0.29, 0.717) is 13.0 Å². The van der Waals surface area contributed by atoms with Crippen molar-refractivity contribution in [2.24, 2.45) is 7.05 Å². The zero-order chi connectivity index (χ0) is 22.4. The molecule has 3 rings (SSSR count). The Labute approximate surface area is 188 Å². The van der Waals surface area contributed by atoms with E-state index in [1.807, 2.05) is 18.2 Å². The van der Waals surface area contributed by atoms with Gasteiger partial charge in [0.2, 0.25) is 10.0 Å². The highest BCUT2D eigenvalue weighted by atomic mass is 35.5. The molecule has 0 aliphatic carbocycles.